The Bertz CT molecular complexity index is 590. The topological polar surface area (TPSA) is 83.0 Å². The van der Waals surface area contributed by atoms with Crippen molar-refractivity contribution in [1.82, 2.24) is 15.0 Å². The fourth-order valence-corrected chi connectivity index (χ4v) is 1.85. The summed E-state index contributed by atoms with van der Waals surface area (Å²) in [4.78, 5) is 11.7. The van der Waals surface area contributed by atoms with Gasteiger partial charge < -0.3 is 10.5 Å². The molecule has 2 N–H and O–H groups in total. The summed E-state index contributed by atoms with van der Waals surface area (Å²) in [7, 11) is 0. The average molecular weight is 274 g/mol. The van der Waals surface area contributed by atoms with Gasteiger partial charge in [0, 0.05) is 6.54 Å². The maximum absolute atomic E-state index is 11.7. The van der Waals surface area contributed by atoms with Crippen molar-refractivity contribution in [2.24, 2.45) is 5.73 Å². The summed E-state index contributed by atoms with van der Waals surface area (Å²) in [6, 6.07) is 7.95. The summed E-state index contributed by atoms with van der Waals surface area (Å²) in [5.74, 6) is -0.435. The number of hydrogen-bond acceptors (Lipinski definition) is 5. The maximum atomic E-state index is 11.7. The molecule has 20 heavy (non-hydrogen) atoms. The van der Waals surface area contributed by atoms with Crippen LogP contribution in [0, 0.1) is 6.92 Å². The Hall–Kier alpha value is -2.21. The van der Waals surface area contributed by atoms with E-state index in [1.807, 2.05) is 24.3 Å². The highest BCUT2D eigenvalue weighted by molar-refractivity contribution is 5.88. The van der Waals surface area contributed by atoms with Crippen LogP contribution < -0.4 is 5.73 Å². The zero-order chi connectivity index (χ0) is 14.5. The van der Waals surface area contributed by atoms with E-state index in [2.05, 4.69) is 10.3 Å². The van der Waals surface area contributed by atoms with E-state index in [1.54, 1.807) is 18.5 Å². The van der Waals surface area contributed by atoms with Gasteiger partial charge in [-0.1, -0.05) is 29.5 Å². The summed E-state index contributed by atoms with van der Waals surface area (Å²) in [5, 5.41) is 7.88. The van der Waals surface area contributed by atoms with E-state index in [-0.39, 0.29) is 5.69 Å². The van der Waals surface area contributed by atoms with Crippen molar-refractivity contribution in [3.63, 3.8) is 0 Å². The summed E-state index contributed by atoms with van der Waals surface area (Å²) in [6.07, 6.45) is 0. The third-order valence-corrected chi connectivity index (χ3v) is 3.04. The fraction of sp³-hybridized carbons (Fsp3) is 0.357. The van der Waals surface area contributed by atoms with Crippen LogP contribution in [0.1, 0.15) is 34.2 Å². The fourth-order valence-electron chi connectivity index (χ4n) is 1.85. The third-order valence-electron chi connectivity index (χ3n) is 3.04. The molecule has 2 aromatic rings. The molecule has 6 nitrogen and oxygen atoms in total. The Morgan fingerprint density at radius 3 is 2.55 bits per heavy atom. The lowest BCUT2D eigenvalue weighted by molar-refractivity contribution is 0.0518. The van der Waals surface area contributed by atoms with E-state index in [0.717, 1.165) is 11.1 Å². The molecule has 0 fully saturated rings. The molecule has 0 saturated carbocycles. The first-order valence-corrected chi connectivity index (χ1v) is 6.50. The van der Waals surface area contributed by atoms with Crippen molar-refractivity contribution < 1.29 is 9.53 Å². The molecule has 1 aromatic carbocycles. The molecular formula is C14H18N4O2. The van der Waals surface area contributed by atoms with Crippen molar-refractivity contribution in [3.8, 4) is 0 Å². The van der Waals surface area contributed by atoms with Crippen LogP contribution in [0.3, 0.4) is 0 Å². The second-order valence-electron chi connectivity index (χ2n) is 4.42. The SMILES string of the molecule is CCOC(=O)c1nnn(Cc2ccc(CN)cc2)c1C. The molecule has 2 rings (SSSR count). The molecular weight excluding hydrogens is 256 g/mol. The first-order chi connectivity index (χ1) is 9.65. The number of esters is 1. The quantitative estimate of drug-likeness (QED) is 0.830. The Balaban J connectivity index is 2.15. The van der Waals surface area contributed by atoms with Gasteiger partial charge in [-0.3, -0.25) is 0 Å². The molecule has 0 bridgehead atoms. The third kappa shape index (κ3) is 3.03. The molecule has 106 valence electrons. The lowest BCUT2D eigenvalue weighted by atomic mass is 10.1. The zero-order valence-corrected chi connectivity index (χ0v) is 11.7. The van der Waals surface area contributed by atoms with Crippen molar-refractivity contribution in [2.45, 2.75) is 26.9 Å². The van der Waals surface area contributed by atoms with E-state index < -0.39 is 5.97 Å². The number of aromatic nitrogens is 3. The second kappa shape index (κ2) is 6.29. The first kappa shape index (κ1) is 14.2. The minimum atomic E-state index is -0.435. The number of ether oxygens (including phenoxy) is 1. The summed E-state index contributed by atoms with van der Waals surface area (Å²) < 4.78 is 6.62. The molecule has 0 aliphatic heterocycles. The van der Waals surface area contributed by atoms with Crippen molar-refractivity contribution in [1.29, 1.82) is 0 Å². The van der Waals surface area contributed by atoms with Gasteiger partial charge in [0.25, 0.3) is 0 Å². The lowest BCUT2D eigenvalue weighted by Crippen LogP contribution is -2.09. The lowest BCUT2D eigenvalue weighted by Gasteiger charge is -2.05. The van der Waals surface area contributed by atoms with Crippen LogP contribution in [0.4, 0.5) is 0 Å². The average Bonchev–Trinajstić information content (AvgIpc) is 2.81. The van der Waals surface area contributed by atoms with Crippen LogP contribution in [0.25, 0.3) is 0 Å². The minimum absolute atomic E-state index is 0.269. The highest BCUT2D eigenvalue weighted by Crippen LogP contribution is 2.10. The van der Waals surface area contributed by atoms with E-state index in [4.69, 9.17) is 10.5 Å². The van der Waals surface area contributed by atoms with Crippen LogP contribution in [0.5, 0.6) is 0 Å². The second-order valence-corrected chi connectivity index (χ2v) is 4.42. The zero-order valence-electron chi connectivity index (χ0n) is 11.7. The Morgan fingerprint density at radius 1 is 1.30 bits per heavy atom. The monoisotopic (exact) mass is 274 g/mol. The molecule has 0 spiro atoms. The van der Waals surface area contributed by atoms with Crippen LogP contribution in [-0.4, -0.2) is 27.6 Å². The van der Waals surface area contributed by atoms with Gasteiger partial charge in [0.05, 0.1) is 18.8 Å². The number of benzene rings is 1. The first-order valence-electron chi connectivity index (χ1n) is 6.50. The Kier molecular flexibility index (Phi) is 4.47. The van der Waals surface area contributed by atoms with Gasteiger partial charge in [0.15, 0.2) is 5.69 Å². The van der Waals surface area contributed by atoms with Crippen LogP contribution >= 0.6 is 0 Å². The number of carbonyl (C=O) groups excluding carboxylic acids is 1. The molecule has 0 radical (unpaired) electrons. The Labute approximate surface area is 117 Å². The molecule has 1 aromatic heterocycles. The highest BCUT2D eigenvalue weighted by Gasteiger charge is 2.17. The molecule has 0 amide bonds. The molecule has 0 aliphatic rings. The number of rotatable bonds is 5. The largest absolute Gasteiger partial charge is 0.461 e. The minimum Gasteiger partial charge on any atom is -0.461 e. The van der Waals surface area contributed by atoms with E-state index in [1.165, 1.54) is 0 Å². The molecule has 0 aliphatic carbocycles. The number of nitrogens with two attached hydrogens (primary N) is 1. The molecule has 0 saturated heterocycles. The predicted octanol–water partition coefficient (Wildman–Crippen LogP) is 1.27. The number of nitrogens with zero attached hydrogens (tertiary/aromatic N) is 3. The van der Waals surface area contributed by atoms with E-state index in [0.29, 0.717) is 25.4 Å². The van der Waals surface area contributed by atoms with Crippen LogP contribution in [0.2, 0.25) is 0 Å². The van der Waals surface area contributed by atoms with Gasteiger partial charge in [0.2, 0.25) is 0 Å². The van der Waals surface area contributed by atoms with E-state index in [9.17, 15) is 4.79 Å². The van der Waals surface area contributed by atoms with Gasteiger partial charge in [-0.05, 0) is 25.0 Å². The van der Waals surface area contributed by atoms with Crippen molar-refractivity contribution >= 4 is 5.97 Å². The maximum Gasteiger partial charge on any atom is 0.360 e. The Morgan fingerprint density at radius 2 is 1.95 bits per heavy atom. The number of hydrogen-bond donors (Lipinski definition) is 1. The van der Waals surface area contributed by atoms with E-state index >= 15 is 0 Å². The van der Waals surface area contributed by atoms with Gasteiger partial charge in [-0.15, -0.1) is 5.10 Å². The summed E-state index contributed by atoms with van der Waals surface area (Å²) >= 11 is 0. The molecule has 0 unspecified atom stereocenters. The van der Waals surface area contributed by atoms with Gasteiger partial charge in [-0.2, -0.15) is 0 Å². The smallest absolute Gasteiger partial charge is 0.360 e. The summed E-state index contributed by atoms with van der Waals surface area (Å²) in [5.41, 5.74) is 8.69. The van der Waals surface area contributed by atoms with Gasteiger partial charge >= 0.3 is 5.97 Å². The van der Waals surface area contributed by atoms with Crippen molar-refractivity contribution in [2.75, 3.05) is 6.61 Å². The van der Waals surface area contributed by atoms with Gasteiger partial charge in [0.1, 0.15) is 0 Å². The highest BCUT2D eigenvalue weighted by atomic mass is 16.5. The molecule has 0 atom stereocenters. The molecule has 6 heteroatoms. The normalized spacial score (nSPS) is 10.6. The molecule has 1 heterocycles. The predicted molar refractivity (Wildman–Crippen MR) is 74.2 cm³/mol. The van der Waals surface area contributed by atoms with Crippen molar-refractivity contribution in [3.05, 3.63) is 46.8 Å². The standard InChI is InChI=1S/C14H18N4O2/c1-3-20-14(19)13-10(2)18(17-16-13)9-12-6-4-11(8-15)5-7-12/h4-7H,3,8-9,15H2,1-2H3. The van der Waals surface area contributed by atoms with Crippen LogP contribution in [0.15, 0.2) is 24.3 Å². The summed E-state index contributed by atoms with van der Waals surface area (Å²) in [6.45, 7) is 4.97. The van der Waals surface area contributed by atoms with Crippen LogP contribution in [-0.2, 0) is 17.8 Å². The van der Waals surface area contributed by atoms with Gasteiger partial charge in [-0.25, -0.2) is 9.48 Å². The number of carbonyl (C=O) groups is 1.